The SMILES string of the molecule is Cc1cc(S(N)(=O)=O)cc(NC(=O)Cc2c(F)cccc2Cl)c1C. The Morgan fingerprint density at radius 1 is 1.29 bits per heavy atom. The van der Waals surface area contributed by atoms with Crippen LogP contribution in [0.1, 0.15) is 16.7 Å². The fourth-order valence-corrected chi connectivity index (χ4v) is 3.03. The lowest BCUT2D eigenvalue weighted by molar-refractivity contribution is -0.115. The van der Waals surface area contributed by atoms with Gasteiger partial charge in [-0.15, -0.1) is 0 Å². The minimum Gasteiger partial charge on any atom is -0.326 e. The summed E-state index contributed by atoms with van der Waals surface area (Å²) in [5, 5.41) is 7.86. The number of carbonyl (C=O) groups excluding carboxylic acids is 1. The monoisotopic (exact) mass is 370 g/mol. The van der Waals surface area contributed by atoms with Crippen LogP contribution in [-0.2, 0) is 21.2 Å². The van der Waals surface area contributed by atoms with Crippen molar-refractivity contribution in [3.05, 3.63) is 57.9 Å². The van der Waals surface area contributed by atoms with E-state index in [1.54, 1.807) is 13.8 Å². The average Bonchev–Trinajstić information content (AvgIpc) is 2.46. The van der Waals surface area contributed by atoms with Crippen LogP contribution < -0.4 is 10.5 Å². The molecule has 0 aliphatic rings. The molecule has 0 bridgehead atoms. The van der Waals surface area contributed by atoms with Crippen LogP contribution in [0.5, 0.6) is 0 Å². The number of halogens is 2. The van der Waals surface area contributed by atoms with Gasteiger partial charge in [0.25, 0.3) is 0 Å². The molecule has 0 aromatic heterocycles. The third kappa shape index (κ3) is 4.11. The third-order valence-electron chi connectivity index (χ3n) is 3.64. The van der Waals surface area contributed by atoms with Crippen LogP contribution in [0.25, 0.3) is 0 Å². The molecule has 0 aliphatic heterocycles. The smallest absolute Gasteiger partial charge is 0.238 e. The highest BCUT2D eigenvalue weighted by molar-refractivity contribution is 7.89. The number of carbonyl (C=O) groups is 1. The van der Waals surface area contributed by atoms with Crippen LogP contribution in [0.3, 0.4) is 0 Å². The zero-order chi connectivity index (χ0) is 18.1. The van der Waals surface area contributed by atoms with Crippen LogP contribution in [0, 0.1) is 19.7 Å². The molecule has 5 nitrogen and oxygen atoms in total. The van der Waals surface area contributed by atoms with E-state index >= 15 is 0 Å². The number of primary sulfonamides is 1. The molecule has 8 heteroatoms. The standard InChI is InChI=1S/C16H16ClFN2O3S/c1-9-6-11(24(19,22)23)7-15(10(9)2)20-16(21)8-12-13(17)4-3-5-14(12)18/h3-7H,8H2,1-2H3,(H,20,21)(H2,19,22,23). The molecule has 0 fully saturated rings. The van der Waals surface area contributed by atoms with Crippen LogP contribution in [0.2, 0.25) is 5.02 Å². The van der Waals surface area contributed by atoms with Crippen molar-refractivity contribution >= 4 is 33.2 Å². The molecule has 2 aromatic rings. The van der Waals surface area contributed by atoms with Gasteiger partial charge in [-0.1, -0.05) is 17.7 Å². The fraction of sp³-hybridized carbons (Fsp3) is 0.188. The zero-order valence-corrected chi connectivity index (χ0v) is 14.6. The number of rotatable bonds is 4. The van der Waals surface area contributed by atoms with Crippen LogP contribution >= 0.6 is 11.6 Å². The van der Waals surface area contributed by atoms with Crippen molar-refractivity contribution in [1.29, 1.82) is 0 Å². The van der Waals surface area contributed by atoms with Crippen LogP contribution in [0.15, 0.2) is 35.2 Å². The molecular weight excluding hydrogens is 355 g/mol. The molecular formula is C16H16ClFN2O3S. The number of hydrogen-bond acceptors (Lipinski definition) is 3. The third-order valence-corrected chi connectivity index (χ3v) is 4.89. The van der Waals surface area contributed by atoms with Crippen LogP contribution in [0.4, 0.5) is 10.1 Å². The molecule has 24 heavy (non-hydrogen) atoms. The van der Waals surface area contributed by atoms with Gasteiger partial charge in [0.1, 0.15) is 5.82 Å². The molecule has 2 rings (SSSR count). The summed E-state index contributed by atoms with van der Waals surface area (Å²) in [5.74, 6) is -1.10. The fourth-order valence-electron chi connectivity index (χ4n) is 2.18. The van der Waals surface area contributed by atoms with Gasteiger partial charge in [-0.25, -0.2) is 17.9 Å². The average molecular weight is 371 g/mol. The van der Waals surface area contributed by atoms with Crippen LogP contribution in [-0.4, -0.2) is 14.3 Å². The molecule has 0 unspecified atom stereocenters. The number of benzene rings is 2. The number of nitrogens with two attached hydrogens (primary N) is 1. The number of amides is 1. The summed E-state index contributed by atoms with van der Waals surface area (Å²) >= 11 is 5.90. The lowest BCUT2D eigenvalue weighted by Gasteiger charge is -2.13. The maximum Gasteiger partial charge on any atom is 0.238 e. The molecule has 128 valence electrons. The Labute approximate surface area is 144 Å². The Bertz CT molecular complexity index is 894. The van der Waals surface area contributed by atoms with Gasteiger partial charge in [-0.2, -0.15) is 0 Å². The highest BCUT2D eigenvalue weighted by atomic mass is 35.5. The van der Waals surface area contributed by atoms with Crippen molar-refractivity contribution in [3.63, 3.8) is 0 Å². The van der Waals surface area contributed by atoms with Crippen molar-refractivity contribution in [2.24, 2.45) is 5.14 Å². The maximum absolute atomic E-state index is 13.8. The minimum absolute atomic E-state index is 0.0774. The normalized spacial score (nSPS) is 11.4. The topological polar surface area (TPSA) is 89.3 Å². The van der Waals surface area contributed by atoms with Gasteiger partial charge in [0, 0.05) is 16.3 Å². The summed E-state index contributed by atoms with van der Waals surface area (Å²) in [5.41, 5.74) is 1.72. The molecule has 2 aromatic carbocycles. The summed E-state index contributed by atoms with van der Waals surface area (Å²) in [6, 6.07) is 6.85. The van der Waals surface area contributed by atoms with Crippen molar-refractivity contribution in [2.75, 3.05) is 5.32 Å². The van der Waals surface area contributed by atoms with Gasteiger partial charge < -0.3 is 5.32 Å². The molecule has 0 saturated carbocycles. The second kappa shape index (κ2) is 6.88. The van der Waals surface area contributed by atoms with Gasteiger partial charge in [-0.05, 0) is 49.2 Å². The summed E-state index contributed by atoms with van der Waals surface area (Å²) in [6.45, 7) is 3.43. The molecule has 0 aliphatic carbocycles. The lowest BCUT2D eigenvalue weighted by atomic mass is 10.1. The molecule has 0 saturated heterocycles. The molecule has 0 radical (unpaired) electrons. The van der Waals surface area contributed by atoms with Gasteiger partial charge >= 0.3 is 0 Å². The van der Waals surface area contributed by atoms with E-state index in [4.69, 9.17) is 16.7 Å². The highest BCUT2D eigenvalue weighted by Crippen LogP contribution is 2.25. The van der Waals surface area contributed by atoms with Crippen molar-refractivity contribution in [3.8, 4) is 0 Å². The van der Waals surface area contributed by atoms with Crippen molar-refractivity contribution in [1.82, 2.24) is 0 Å². The van der Waals surface area contributed by atoms with Gasteiger partial charge in [0.05, 0.1) is 11.3 Å². The number of sulfonamides is 1. The van der Waals surface area contributed by atoms with Crippen molar-refractivity contribution in [2.45, 2.75) is 25.2 Å². The quantitative estimate of drug-likeness (QED) is 0.867. The number of hydrogen-bond donors (Lipinski definition) is 2. The Hall–Kier alpha value is -1.96. The molecule has 0 atom stereocenters. The second-order valence-corrected chi connectivity index (χ2v) is 7.35. The Morgan fingerprint density at radius 2 is 1.96 bits per heavy atom. The van der Waals surface area contributed by atoms with E-state index in [2.05, 4.69) is 5.32 Å². The number of anilines is 1. The first-order valence-corrected chi connectivity index (χ1v) is 8.89. The molecule has 3 N–H and O–H groups in total. The summed E-state index contributed by atoms with van der Waals surface area (Å²) in [7, 11) is -3.91. The second-order valence-electron chi connectivity index (χ2n) is 5.38. The van der Waals surface area contributed by atoms with E-state index in [1.807, 2.05) is 0 Å². The van der Waals surface area contributed by atoms with Gasteiger partial charge in [-0.3, -0.25) is 4.79 Å². The number of aryl methyl sites for hydroxylation is 1. The van der Waals surface area contributed by atoms with E-state index in [-0.39, 0.29) is 21.9 Å². The first-order chi connectivity index (χ1) is 11.1. The summed E-state index contributed by atoms with van der Waals surface area (Å²) in [4.78, 5) is 12.1. The largest absolute Gasteiger partial charge is 0.326 e. The Kier molecular flexibility index (Phi) is 5.27. The lowest BCUT2D eigenvalue weighted by Crippen LogP contribution is -2.18. The first-order valence-electron chi connectivity index (χ1n) is 6.96. The molecule has 0 heterocycles. The Morgan fingerprint density at radius 3 is 2.54 bits per heavy atom. The number of nitrogens with one attached hydrogen (secondary N) is 1. The van der Waals surface area contributed by atoms with Gasteiger partial charge in [0.15, 0.2) is 0 Å². The predicted molar refractivity (Wildman–Crippen MR) is 91.0 cm³/mol. The maximum atomic E-state index is 13.8. The van der Waals surface area contributed by atoms with Crippen molar-refractivity contribution < 1.29 is 17.6 Å². The Balaban J connectivity index is 2.31. The molecule has 1 amide bonds. The van der Waals surface area contributed by atoms with E-state index < -0.39 is 21.7 Å². The van der Waals surface area contributed by atoms with Gasteiger partial charge in [0.2, 0.25) is 15.9 Å². The first kappa shape index (κ1) is 18.4. The van der Waals surface area contributed by atoms with E-state index in [1.165, 1.54) is 30.3 Å². The minimum atomic E-state index is -3.91. The zero-order valence-electron chi connectivity index (χ0n) is 13.1. The molecule has 0 spiro atoms. The van der Waals surface area contributed by atoms with E-state index in [0.29, 0.717) is 16.8 Å². The van der Waals surface area contributed by atoms with E-state index in [9.17, 15) is 17.6 Å². The summed E-state index contributed by atoms with van der Waals surface area (Å²) in [6.07, 6.45) is -0.274. The summed E-state index contributed by atoms with van der Waals surface area (Å²) < 4.78 is 36.8. The highest BCUT2D eigenvalue weighted by Gasteiger charge is 2.16. The predicted octanol–water partition coefficient (Wildman–Crippen LogP) is 2.92. The van der Waals surface area contributed by atoms with E-state index in [0.717, 1.165) is 0 Å².